The Morgan fingerprint density at radius 3 is 2.47 bits per heavy atom. The van der Waals surface area contributed by atoms with Crippen molar-refractivity contribution in [3.05, 3.63) is 101 Å². The number of benzene rings is 2. The predicted octanol–water partition coefficient (Wildman–Crippen LogP) is 4.87. The van der Waals surface area contributed by atoms with Crippen LogP contribution in [-0.4, -0.2) is 116 Å². The normalized spacial score (nSPS) is 20.4. The first-order chi connectivity index (χ1) is 31.0. The van der Waals surface area contributed by atoms with Crippen LogP contribution in [0.15, 0.2) is 67.1 Å². The van der Waals surface area contributed by atoms with E-state index in [0.29, 0.717) is 62.3 Å². The second-order valence-electron chi connectivity index (χ2n) is 16.9. The lowest BCUT2D eigenvalue weighted by atomic mass is 9.85. The summed E-state index contributed by atoms with van der Waals surface area (Å²) < 4.78 is 37.0. The maximum atomic E-state index is 14.3. The molecule has 5 amide bonds. The predicted molar refractivity (Wildman–Crippen MR) is 230 cm³/mol. The van der Waals surface area contributed by atoms with Crippen LogP contribution in [0.4, 0.5) is 26.0 Å². The molecule has 17 nitrogen and oxygen atoms in total. The number of hydrogen-bond donors (Lipinski definition) is 3. The van der Waals surface area contributed by atoms with Crippen LogP contribution in [0.5, 0.6) is 0 Å². The minimum Gasteiger partial charge on any atom is -0.384 e. The lowest BCUT2D eigenvalue weighted by Gasteiger charge is -2.31. The molecule has 6 heterocycles. The molecule has 3 N–H and O–H groups in total. The number of fused-ring (bicyclic) bond motifs is 2. The van der Waals surface area contributed by atoms with Gasteiger partial charge in [0.25, 0.3) is 24.1 Å². The van der Waals surface area contributed by atoms with Crippen LogP contribution in [0.25, 0.3) is 5.65 Å². The number of piperidine rings is 1. The average Bonchev–Trinajstić information content (AvgIpc) is 3.99. The van der Waals surface area contributed by atoms with E-state index in [-0.39, 0.29) is 41.3 Å². The largest absolute Gasteiger partial charge is 0.384 e. The van der Waals surface area contributed by atoms with E-state index >= 15 is 0 Å². The molecule has 1 atom stereocenters. The number of alkyl halides is 2. The zero-order valence-electron chi connectivity index (χ0n) is 35.3. The van der Waals surface area contributed by atoms with Crippen LogP contribution < -0.4 is 20.9 Å². The van der Waals surface area contributed by atoms with E-state index in [1.807, 2.05) is 6.07 Å². The summed E-state index contributed by atoms with van der Waals surface area (Å²) in [6.07, 6.45) is 5.94. The molecule has 4 aliphatic rings. The monoisotopic (exact) mass is 877 g/mol. The lowest BCUT2D eigenvalue weighted by molar-refractivity contribution is -0.136. The van der Waals surface area contributed by atoms with Gasteiger partial charge in [0.1, 0.15) is 17.4 Å². The molecule has 3 fully saturated rings. The molecular weight excluding hydrogens is 829 g/mol. The highest BCUT2D eigenvalue weighted by molar-refractivity contribution is 6.25. The van der Waals surface area contributed by atoms with Gasteiger partial charge in [-0.15, -0.1) is 0 Å². The topological polar surface area (TPSA) is 188 Å². The lowest BCUT2D eigenvalue weighted by Crippen LogP contribution is -2.54. The van der Waals surface area contributed by atoms with Crippen LogP contribution in [0.2, 0.25) is 0 Å². The third-order valence-electron chi connectivity index (χ3n) is 12.6. The van der Waals surface area contributed by atoms with Gasteiger partial charge in [-0.25, -0.2) is 18.3 Å². The summed E-state index contributed by atoms with van der Waals surface area (Å²) in [6, 6.07) is 14.1. The van der Waals surface area contributed by atoms with Crippen LogP contribution in [-0.2, 0) is 27.3 Å². The summed E-state index contributed by atoms with van der Waals surface area (Å²) in [5, 5.41) is 16.7. The fourth-order valence-corrected chi connectivity index (χ4v) is 9.25. The van der Waals surface area contributed by atoms with Crippen molar-refractivity contribution >= 4 is 52.4 Å². The molecular formula is C45H49F2N11O6. The third kappa shape index (κ3) is 8.81. The molecule has 0 radical (unpaired) electrons. The molecule has 2 saturated heterocycles. The Kier molecular flexibility index (Phi) is 12.2. The number of nitrogens with one attached hydrogen (secondary N) is 3. The van der Waals surface area contributed by atoms with Gasteiger partial charge in [0, 0.05) is 57.2 Å². The zero-order valence-corrected chi connectivity index (χ0v) is 35.3. The second-order valence-corrected chi connectivity index (χ2v) is 16.9. The van der Waals surface area contributed by atoms with E-state index in [1.165, 1.54) is 16.9 Å². The molecule has 9 rings (SSSR count). The van der Waals surface area contributed by atoms with Crippen LogP contribution in [0.3, 0.4) is 0 Å². The molecule has 5 aromatic rings. The van der Waals surface area contributed by atoms with Gasteiger partial charge in [0.15, 0.2) is 11.3 Å². The number of hydrogen-bond acceptors (Lipinski definition) is 12. The third-order valence-corrected chi connectivity index (χ3v) is 12.6. The van der Waals surface area contributed by atoms with E-state index in [0.717, 1.165) is 54.8 Å². The molecule has 0 spiro atoms. The van der Waals surface area contributed by atoms with Crippen LogP contribution in [0.1, 0.15) is 98.9 Å². The molecule has 334 valence electrons. The van der Waals surface area contributed by atoms with Gasteiger partial charge in [0.05, 0.1) is 42.3 Å². The van der Waals surface area contributed by atoms with E-state index in [1.54, 1.807) is 29.1 Å². The fraction of sp³-hybridized carbons (Fsp3) is 0.422. The van der Waals surface area contributed by atoms with E-state index < -0.39 is 47.7 Å². The summed E-state index contributed by atoms with van der Waals surface area (Å²) in [5.74, 6) is -1.62. The minimum absolute atomic E-state index is 0.0264. The van der Waals surface area contributed by atoms with Crippen LogP contribution in [0, 0.1) is 5.92 Å². The second kappa shape index (κ2) is 18.2. The summed E-state index contributed by atoms with van der Waals surface area (Å²) in [4.78, 5) is 74.2. The van der Waals surface area contributed by atoms with Gasteiger partial charge in [-0.1, -0.05) is 30.3 Å². The van der Waals surface area contributed by atoms with Gasteiger partial charge >= 0.3 is 0 Å². The first-order valence-electron chi connectivity index (χ1n) is 21.7. The summed E-state index contributed by atoms with van der Waals surface area (Å²) in [7, 11) is 2.09. The maximum Gasteiger partial charge on any atom is 0.284 e. The van der Waals surface area contributed by atoms with Crippen molar-refractivity contribution < 1.29 is 37.5 Å². The number of aromatic nitrogens is 5. The molecule has 1 aliphatic carbocycles. The van der Waals surface area contributed by atoms with Gasteiger partial charge in [-0.05, 0) is 80.8 Å². The van der Waals surface area contributed by atoms with Crippen molar-refractivity contribution in [3.8, 4) is 0 Å². The Morgan fingerprint density at radius 2 is 1.72 bits per heavy atom. The van der Waals surface area contributed by atoms with Crippen molar-refractivity contribution in [1.82, 2.24) is 39.5 Å². The van der Waals surface area contributed by atoms with Crippen molar-refractivity contribution in [2.45, 2.75) is 70.0 Å². The Bertz CT molecular complexity index is 2580. The Labute approximate surface area is 367 Å². The zero-order chi connectivity index (χ0) is 44.5. The standard InChI is InChI=1S/C45H49F2N11O6/c1-54(24-28-7-5-27(6-8-28)15-17-48-33-4-2-3-31-38(33)45(63)58(44(31)62)35-13-14-37(59)52-43(35)61)25-29-9-11-30(12-10-29)57-26-34(39(53-57)40(46)47)50-42(60)32-23-49-56-18-16-36(51-41(32)56)55-19-21-64-22-20-55/h2-8,16,18,23,26,29-30,35,40,48H,9-15,17,19-22,24-25H2,1H3,(H,50,60)(H,52,59,61). The highest BCUT2D eigenvalue weighted by Crippen LogP contribution is 2.36. The molecule has 19 heteroatoms. The number of morpholine rings is 1. The number of imide groups is 2. The molecule has 0 bridgehead atoms. The quantitative estimate of drug-likeness (QED) is 0.129. The number of carbonyl (C=O) groups excluding carboxylic acids is 5. The molecule has 64 heavy (non-hydrogen) atoms. The average molecular weight is 878 g/mol. The highest BCUT2D eigenvalue weighted by atomic mass is 19.3. The maximum absolute atomic E-state index is 14.3. The number of ether oxygens (including phenoxy) is 1. The smallest absolute Gasteiger partial charge is 0.284 e. The summed E-state index contributed by atoms with van der Waals surface area (Å²) in [6.45, 7) is 4.63. The minimum atomic E-state index is -2.88. The van der Waals surface area contributed by atoms with E-state index in [4.69, 9.17) is 4.74 Å². The number of nitrogens with zero attached hydrogens (tertiary/aromatic N) is 8. The van der Waals surface area contributed by atoms with Crippen molar-refractivity contribution in [2.75, 3.05) is 62.0 Å². The molecule has 2 aromatic carbocycles. The van der Waals surface area contributed by atoms with E-state index in [2.05, 4.69) is 72.2 Å². The van der Waals surface area contributed by atoms with E-state index in [9.17, 15) is 32.8 Å². The summed E-state index contributed by atoms with van der Waals surface area (Å²) in [5.41, 5.74) is 3.25. The first-order valence-corrected chi connectivity index (χ1v) is 21.7. The first kappa shape index (κ1) is 42.7. The Hall–Kier alpha value is -6.60. The van der Waals surface area contributed by atoms with Crippen molar-refractivity contribution in [2.24, 2.45) is 5.92 Å². The SMILES string of the molecule is CN(Cc1ccc(CCNc2cccc3c2C(=O)N(C2CCC(=O)NC2=O)C3=O)cc1)CC1CCC(n2cc(NC(=O)c3cnn4ccc(N5CCOCC5)nc34)c(C(F)F)n2)CC1. The Morgan fingerprint density at radius 1 is 0.953 bits per heavy atom. The van der Waals surface area contributed by atoms with Gasteiger partial charge in [-0.3, -0.25) is 38.9 Å². The molecule has 1 unspecified atom stereocenters. The Balaban J connectivity index is 0.744. The van der Waals surface area contributed by atoms with Crippen LogP contribution >= 0.6 is 0 Å². The highest BCUT2D eigenvalue weighted by Gasteiger charge is 2.45. The van der Waals surface area contributed by atoms with Gasteiger partial charge in [0.2, 0.25) is 11.8 Å². The fourth-order valence-electron chi connectivity index (χ4n) is 9.25. The van der Waals surface area contributed by atoms with Gasteiger partial charge < -0.3 is 25.2 Å². The number of carbonyl (C=O) groups is 5. The number of rotatable bonds is 14. The van der Waals surface area contributed by atoms with Crippen molar-refractivity contribution in [3.63, 3.8) is 0 Å². The van der Waals surface area contributed by atoms with Gasteiger partial charge in [-0.2, -0.15) is 10.2 Å². The number of amides is 5. The molecule has 3 aliphatic heterocycles. The summed E-state index contributed by atoms with van der Waals surface area (Å²) >= 11 is 0. The van der Waals surface area contributed by atoms with Crippen molar-refractivity contribution in [1.29, 1.82) is 0 Å². The molecule has 3 aromatic heterocycles. The number of halogens is 2. The number of anilines is 3. The molecule has 1 saturated carbocycles.